The molecule has 0 radical (unpaired) electrons. The number of halogens is 5. The Labute approximate surface area is 330 Å². The van der Waals surface area contributed by atoms with E-state index in [4.69, 9.17) is 20.4 Å². The van der Waals surface area contributed by atoms with E-state index < -0.39 is 47.5 Å². The lowest BCUT2D eigenvalue weighted by Crippen LogP contribution is -2.40. The minimum absolute atomic E-state index is 0.0571. The maximum atomic E-state index is 14.4. The summed E-state index contributed by atoms with van der Waals surface area (Å²) in [6.07, 6.45) is -6.72. The molecule has 1 aliphatic rings. The molecule has 1 amide bonds. The lowest BCUT2D eigenvalue weighted by atomic mass is 10.0. The van der Waals surface area contributed by atoms with E-state index in [0.717, 1.165) is 54.5 Å². The minimum Gasteiger partial charge on any atom is -0.479 e. The minimum atomic E-state index is -4.41. The van der Waals surface area contributed by atoms with Crippen molar-refractivity contribution < 1.29 is 56.8 Å². The largest absolute Gasteiger partial charge is 0.479 e. The Balaban J connectivity index is 0.000000657. The van der Waals surface area contributed by atoms with Crippen molar-refractivity contribution in [2.75, 3.05) is 26.2 Å². The van der Waals surface area contributed by atoms with Crippen molar-refractivity contribution in [1.29, 1.82) is 0 Å². The van der Waals surface area contributed by atoms with Crippen molar-refractivity contribution in [3.05, 3.63) is 122 Å². The molecule has 0 saturated carbocycles. The van der Waals surface area contributed by atoms with E-state index in [1.54, 1.807) is 9.47 Å². The first-order valence-electron chi connectivity index (χ1n) is 18.6. The van der Waals surface area contributed by atoms with Gasteiger partial charge in [0.1, 0.15) is 12.4 Å². The number of aliphatic hydroxyl groups is 2. The first-order valence-corrected chi connectivity index (χ1v) is 18.6. The second-order valence-electron chi connectivity index (χ2n) is 13.6. The highest BCUT2D eigenvalue weighted by molar-refractivity contribution is 5.83. The number of aliphatic carboxylic acids is 2. The van der Waals surface area contributed by atoms with Crippen LogP contribution in [0.15, 0.2) is 71.5 Å². The molecule has 0 aliphatic heterocycles. The summed E-state index contributed by atoms with van der Waals surface area (Å²) in [6, 6.07) is 16.4. The van der Waals surface area contributed by atoms with Gasteiger partial charge in [-0.25, -0.2) is 18.4 Å². The Kier molecular flexibility index (Phi) is 15.8. The zero-order valence-corrected chi connectivity index (χ0v) is 31.9. The van der Waals surface area contributed by atoms with Gasteiger partial charge in [0.15, 0.2) is 23.8 Å². The highest BCUT2D eigenvalue weighted by atomic mass is 19.4. The summed E-state index contributed by atoms with van der Waals surface area (Å²) in [5.74, 6) is -5.23. The number of nitrogens with zero attached hydrogens (tertiary/aromatic N) is 4. The smallest absolute Gasteiger partial charge is 0.416 e. The molecule has 0 saturated heterocycles. The Morgan fingerprint density at radius 2 is 1.41 bits per heavy atom. The Morgan fingerprint density at radius 3 is 1.97 bits per heavy atom. The number of carbonyl (C=O) groups excluding carboxylic acids is 1. The third-order valence-electron chi connectivity index (χ3n) is 9.87. The first-order chi connectivity index (χ1) is 27.4. The molecule has 2 unspecified atom stereocenters. The molecule has 2 atom stereocenters. The second-order valence-corrected chi connectivity index (χ2v) is 13.6. The first kappa shape index (κ1) is 45.2. The molecule has 3 aromatic carbocycles. The molecule has 1 aliphatic carbocycles. The summed E-state index contributed by atoms with van der Waals surface area (Å²) in [5.41, 5.74) is 2.73. The van der Waals surface area contributed by atoms with E-state index in [-0.39, 0.29) is 36.4 Å². The van der Waals surface area contributed by atoms with Crippen molar-refractivity contribution in [3.8, 4) is 11.1 Å². The van der Waals surface area contributed by atoms with Crippen LogP contribution in [-0.4, -0.2) is 96.0 Å². The predicted molar refractivity (Wildman–Crippen MR) is 202 cm³/mol. The summed E-state index contributed by atoms with van der Waals surface area (Å²) in [7, 11) is 0. The van der Waals surface area contributed by atoms with Crippen LogP contribution < -0.4 is 5.56 Å². The van der Waals surface area contributed by atoms with Crippen LogP contribution in [0.5, 0.6) is 0 Å². The van der Waals surface area contributed by atoms with Crippen molar-refractivity contribution in [2.45, 2.75) is 77.4 Å². The van der Waals surface area contributed by atoms with E-state index >= 15 is 0 Å². The van der Waals surface area contributed by atoms with Gasteiger partial charge in [-0.1, -0.05) is 62.4 Å². The lowest BCUT2D eigenvalue weighted by molar-refractivity contribution is -0.165. The second kappa shape index (κ2) is 20.3. The average Bonchev–Trinajstić information content (AvgIpc) is 3.70. The summed E-state index contributed by atoms with van der Waals surface area (Å²) >= 11 is 0. The quantitative estimate of drug-likeness (QED) is 0.116. The molecule has 0 fully saturated rings. The van der Waals surface area contributed by atoms with E-state index in [1.165, 1.54) is 24.3 Å². The van der Waals surface area contributed by atoms with Gasteiger partial charge in [0.2, 0.25) is 5.91 Å². The topological polar surface area (TPSA) is 174 Å². The Hall–Kier alpha value is -5.52. The fourth-order valence-electron chi connectivity index (χ4n) is 6.50. The van der Waals surface area contributed by atoms with Crippen LogP contribution >= 0.6 is 0 Å². The van der Waals surface area contributed by atoms with Crippen molar-refractivity contribution in [2.24, 2.45) is 0 Å². The van der Waals surface area contributed by atoms with Crippen LogP contribution in [-0.2, 0) is 59.3 Å². The van der Waals surface area contributed by atoms with Gasteiger partial charge in [-0.05, 0) is 79.2 Å². The number of aliphatic hydroxyl groups excluding tert-OH is 2. The van der Waals surface area contributed by atoms with Crippen LogP contribution in [0, 0.1) is 11.6 Å². The standard InChI is InChI=1S/C37H39F5N4O2.C4H6O6/c1-3-44(4-2)21-22-45(23-25-11-13-26(14-12-25)27-15-18-29(19-16-27)37(40,41)42)34(47)24-46-32-10-6-8-30(32)36(48)43-33(46)20-17-28-7-5-9-31(38)35(28)39;5-1(3(7)8)2(6)4(9)10/h5,7,9,11-16,18-19H,3-4,6,8,10,17,20-24H2,1-2H3;1-2,5-6H,(H,7,8)(H,9,10). The highest BCUT2D eigenvalue weighted by Gasteiger charge is 2.31. The number of aryl methyl sites for hydroxylation is 2. The molecule has 4 N–H and O–H groups in total. The van der Waals surface area contributed by atoms with E-state index in [9.17, 15) is 41.1 Å². The Morgan fingerprint density at radius 1 is 0.828 bits per heavy atom. The van der Waals surface area contributed by atoms with Gasteiger partial charge < -0.3 is 34.8 Å². The van der Waals surface area contributed by atoms with Gasteiger partial charge in [0, 0.05) is 37.3 Å². The molecule has 1 aromatic heterocycles. The van der Waals surface area contributed by atoms with Gasteiger partial charge in [-0.3, -0.25) is 9.59 Å². The fourth-order valence-corrected chi connectivity index (χ4v) is 6.50. The van der Waals surface area contributed by atoms with Crippen LogP contribution in [0.3, 0.4) is 0 Å². The SMILES string of the molecule is CCN(CC)CCN(Cc1ccc(-c2ccc(C(F)(F)F)cc2)cc1)C(=O)Cn1c(CCc2cccc(F)c2F)nc(=O)c2c1CCC2.O=C(O)C(O)C(O)C(=O)O. The number of fused-ring (bicyclic) bond motifs is 1. The third-order valence-corrected chi connectivity index (χ3v) is 9.87. The lowest BCUT2D eigenvalue weighted by Gasteiger charge is -2.28. The average molecular weight is 817 g/mol. The van der Waals surface area contributed by atoms with E-state index in [2.05, 4.69) is 23.7 Å². The number of carbonyl (C=O) groups is 3. The van der Waals surface area contributed by atoms with Gasteiger partial charge >= 0.3 is 18.1 Å². The van der Waals surface area contributed by atoms with Crippen molar-refractivity contribution in [1.82, 2.24) is 19.4 Å². The zero-order valence-electron chi connectivity index (χ0n) is 31.9. The molecule has 0 bridgehead atoms. The fraction of sp³-hybridized carbons (Fsp3) is 0.390. The molecule has 5 rings (SSSR count). The summed E-state index contributed by atoms with van der Waals surface area (Å²) < 4.78 is 69.2. The molecule has 17 heteroatoms. The third kappa shape index (κ3) is 11.8. The number of alkyl halides is 3. The number of hydrogen-bond donors (Lipinski definition) is 4. The van der Waals surface area contributed by atoms with Crippen LogP contribution in [0.4, 0.5) is 22.0 Å². The van der Waals surface area contributed by atoms with Gasteiger partial charge in [-0.2, -0.15) is 18.2 Å². The van der Waals surface area contributed by atoms with Gasteiger partial charge in [0.25, 0.3) is 5.56 Å². The summed E-state index contributed by atoms with van der Waals surface area (Å²) in [4.78, 5) is 54.8. The van der Waals surface area contributed by atoms with Gasteiger partial charge in [-0.15, -0.1) is 0 Å². The number of carboxylic acids is 2. The van der Waals surface area contributed by atoms with Crippen LogP contribution in [0.25, 0.3) is 11.1 Å². The highest BCUT2D eigenvalue weighted by Crippen LogP contribution is 2.31. The predicted octanol–water partition coefficient (Wildman–Crippen LogP) is 4.73. The Bertz CT molecular complexity index is 2090. The normalized spacial score (nSPS) is 13.3. The molecular weight excluding hydrogens is 771 g/mol. The maximum absolute atomic E-state index is 14.4. The van der Waals surface area contributed by atoms with Gasteiger partial charge in [0.05, 0.1) is 5.56 Å². The zero-order chi connectivity index (χ0) is 42.7. The van der Waals surface area contributed by atoms with E-state index in [1.807, 2.05) is 24.3 Å². The monoisotopic (exact) mass is 816 g/mol. The molecule has 4 aromatic rings. The number of rotatable bonds is 16. The van der Waals surface area contributed by atoms with Crippen LogP contribution in [0.1, 0.15) is 54.0 Å². The molecule has 12 nitrogen and oxygen atoms in total. The molecule has 58 heavy (non-hydrogen) atoms. The molecular formula is C41H45F5N4O8. The molecule has 0 spiro atoms. The van der Waals surface area contributed by atoms with Crippen molar-refractivity contribution in [3.63, 3.8) is 0 Å². The number of amides is 1. The summed E-state index contributed by atoms with van der Waals surface area (Å²) in [5, 5.41) is 32.5. The molecule has 1 heterocycles. The number of hydrogen-bond acceptors (Lipinski definition) is 8. The van der Waals surface area contributed by atoms with E-state index in [0.29, 0.717) is 49.4 Å². The number of carboxylic acid groups (broad SMARTS) is 2. The number of benzene rings is 3. The summed E-state index contributed by atoms with van der Waals surface area (Å²) in [6.45, 7) is 7.08. The number of likely N-dealkylation sites (N-methyl/N-ethyl adjacent to an activating group) is 1. The maximum Gasteiger partial charge on any atom is 0.416 e. The van der Waals surface area contributed by atoms with Crippen LogP contribution in [0.2, 0.25) is 0 Å². The number of aromatic nitrogens is 2. The molecule has 312 valence electrons. The van der Waals surface area contributed by atoms with Crippen molar-refractivity contribution >= 4 is 17.8 Å².